The SMILES string of the molecule is Cc1cc(C(C)Nc2ccc(Cl)c(F)c2C(=O)O)c2oc(-c3ccc4nn(C)cc4c3)c(C)c(=O)c2c1. The van der Waals surface area contributed by atoms with E-state index in [4.69, 9.17) is 16.0 Å². The van der Waals surface area contributed by atoms with Crippen molar-refractivity contribution in [1.82, 2.24) is 9.78 Å². The molecule has 5 aromatic rings. The Balaban J connectivity index is 1.68. The average Bonchev–Trinajstić information content (AvgIpc) is 3.22. The van der Waals surface area contributed by atoms with Gasteiger partial charge in [0.25, 0.3) is 0 Å². The van der Waals surface area contributed by atoms with Crippen molar-refractivity contribution in [2.45, 2.75) is 26.8 Å². The summed E-state index contributed by atoms with van der Waals surface area (Å²) in [5.41, 5.74) is 3.20. The van der Waals surface area contributed by atoms with Crippen molar-refractivity contribution in [2.24, 2.45) is 7.05 Å². The van der Waals surface area contributed by atoms with Crippen LogP contribution in [0.3, 0.4) is 0 Å². The van der Waals surface area contributed by atoms with Gasteiger partial charge in [-0.2, -0.15) is 5.10 Å². The molecule has 0 bridgehead atoms. The Labute approximate surface area is 216 Å². The van der Waals surface area contributed by atoms with Gasteiger partial charge in [0.2, 0.25) is 0 Å². The molecule has 1 atom stereocenters. The number of halogens is 2. The first-order chi connectivity index (χ1) is 17.5. The molecule has 0 aliphatic carbocycles. The first-order valence-corrected chi connectivity index (χ1v) is 11.9. The fraction of sp³-hybridized carbons (Fsp3) is 0.179. The maximum Gasteiger partial charge on any atom is 0.340 e. The zero-order chi connectivity index (χ0) is 26.6. The lowest BCUT2D eigenvalue weighted by molar-refractivity contribution is 0.0693. The molecule has 0 radical (unpaired) electrons. The van der Waals surface area contributed by atoms with Gasteiger partial charge in [0, 0.05) is 35.3 Å². The van der Waals surface area contributed by atoms with E-state index in [1.54, 1.807) is 24.6 Å². The molecule has 0 amide bonds. The quantitative estimate of drug-likeness (QED) is 0.270. The van der Waals surface area contributed by atoms with Crippen LogP contribution in [-0.2, 0) is 7.05 Å². The second-order valence-electron chi connectivity index (χ2n) is 9.15. The van der Waals surface area contributed by atoms with Crippen molar-refractivity contribution >= 4 is 45.1 Å². The highest BCUT2D eigenvalue weighted by Crippen LogP contribution is 2.34. The van der Waals surface area contributed by atoms with Crippen LogP contribution in [-0.4, -0.2) is 20.9 Å². The van der Waals surface area contributed by atoms with Crippen molar-refractivity contribution < 1.29 is 18.7 Å². The Morgan fingerprint density at radius 1 is 1.19 bits per heavy atom. The highest BCUT2D eigenvalue weighted by atomic mass is 35.5. The zero-order valence-corrected chi connectivity index (χ0v) is 21.3. The molecule has 0 saturated heterocycles. The van der Waals surface area contributed by atoms with E-state index in [2.05, 4.69) is 10.4 Å². The van der Waals surface area contributed by atoms with Gasteiger partial charge in [0.15, 0.2) is 11.2 Å². The van der Waals surface area contributed by atoms with Crippen LogP contribution >= 0.6 is 11.6 Å². The number of aromatic carboxylic acids is 1. The van der Waals surface area contributed by atoms with E-state index in [1.165, 1.54) is 12.1 Å². The van der Waals surface area contributed by atoms with E-state index in [0.29, 0.717) is 27.9 Å². The summed E-state index contributed by atoms with van der Waals surface area (Å²) in [4.78, 5) is 25.2. The van der Waals surface area contributed by atoms with Gasteiger partial charge in [-0.3, -0.25) is 9.48 Å². The molecule has 0 spiro atoms. The van der Waals surface area contributed by atoms with Gasteiger partial charge in [-0.05, 0) is 62.7 Å². The number of benzene rings is 3. The Morgan fingerprint density at radius 3 is 2.68 bits per heavy atom. The van der Waals surface area contributed by atoms with Crippen LogP contribution in [0.4, 0.5) is 10.1 Å². The first kappa shape index (κ1) is 24.5. The number of fused-ring (bicyclic) bond motifs is 2. The predicted octanol–water partition coefficient (Wildman–Crippen LogP) is 6.63. The summed E-state index contributed by atoms with van der Waals surface area (Å²) in [6, 6.07) is 11.4. The fourth-order valence-electron chi connectivity index (χ4n) is 4.65. The number of nitrogens with zero attached hydrogens (tertiary/aromatic N) is 2. The molecule has 9 heteroatoms. The summed E-state index contributed by atoms with van der Waals surface area (Å²) >= 11 is 5.81. The van der Waals surface area contributed by atoms with E-state index in [1.807, 2.05) is 44.4 Å². The molecule has 2 aromatic heterocycles. The number of carboxylic acid groups (broad SMARTS) is 1. The summed E-state index contributed by atoms with van der Waals surface area (Å²) in [6.07, 6.45) is 1.89. The molecule has 0 fully saturated rings. The van der Waals surface area contributed by atoms with Crippen LogP contribution in [0.25, 0.3) is 33.2 Å². The van der Waals surface area contributed by atoms with Crippen LogP contribution in [0, 0.1) is 19.7 Å². The monoisotopic (exact) mass is 519 g/mol. The van der Waals surface area contributed by atoms with Crippen LogP contribution in [0.5, 0.6) is 0 Å². The number of carbonyl (C=O) groups is 1. The molecule has 37 heavy (non-hydrogen) atoms. The molecular formula is C28H23ClFN3O4. The predicted molar refractivity (Wildman–Crippen MR) is 142 cm³/mol. The van der Waals surface area contributed by atoms with Crippen molar-refractivity contribution in [2.75, 3.05) is 5.32 Å². The first-order valence-electron chi connectivity index (χ1n) is 11.5. The third-order valence-electron chi connectivity index (χ3n) is 6.42. The van der Waals surface area contributed by atoms with Gasteiger partial charge < -0.3 is 14.8 Å². The van der Waals surface area contributed by atoms with Crippen LogP contribution < -0.4 is 10.7 Å². The second-order valence-corrected chi connectivity index (χ2v) is 9.55. The maximum atomic E-state index is 14.5. The van der Waals surface area contributed by atoms with E-state index >= 15 is 0 Å². The molecule has 5 rings (SSSR count). The van der Waals surface area contributed by atoms with E-state index < -0.39 is 23.4 Å². The number of aryl methyl sites for hydroxylation is 2. The van der Waals surface area contributed by atoms with E-state index in [0.717, 1.165) is 22.0 Å². The summed E-state index contributed by atoms with van der Waals surface area (Å²) in [7, 11) is 1.84. The van der Waals surface area contributed by atoms with Crippen LogP contribution in [0.2, 0.25) is 5.02 Å². The maximum absolute atomic E-state index is 14.5. The van der Waals surface area contributed by atoms with Crippen molar-refractivity contribution in [1.29, 1.82) is 0 Å². The summed E-state index contributed by atoms with van der Waals surface area (Å²) in [5, 5.41) is 18.1. The molecule has 0 aliphatic rings. The lowest BCUT2D eigenvalue weighted by Crippen LogP contribution is -2.15. The van der Waals surface area contributed by atoms with Crippen molar-refractivity contribution in [3.8, 4) is 11.3 Å². The molecular weight excluding hydrogens is 497 g/mol. The minimum Gasteiger partial charge on any atom is -0.478 e. The lowest BCUT2D eigenvalue weighted by atomic mass is 9.98. The van der Waals surface area contributed by atoms with Gasteiger partial charge in [-0.1, -0.05) is 17.7 Å². The number of aromatic nitrogens is 2. The highest BCUT2D eigenvalue weighted by Gasteiger charge is 2.23. The molecule has 188 valence electrons. The normalized spacial score (nSPS) is 12.3. The summed E-state index contributed by atoms with van der Waals surface area (Å²) in [6.45, 7) is 5.38. The Morgan fingerprint density at radius 2 is 1.95 bits per heavy atom. The van der Waals surface area contributed by atoms with Gasteiger partial charge in [0.05, 0.1) is 27.7 Å². The molecule has 1 unspecified atom stereocenters. The number of anilines is 1. The van der Waals surface area contributed by atoms with Gasteiger partial charge in [-0.25, -0.2) is 9.18 Å². The number of nitrogens with one attached hydrogen (secondary N) is 1. The zero-order valence-electron chi connectivity index (χ0n) is 20.5. The number of rotatable bonds is 5. The summed E-state index contributed by atoms with van der Waals surface area (Å²) in [5.74, 6) is -2.03. The Bertz CT molecular complexity index is 1790. The number of hydrogen-bond acceptors (Lipinski definition) is 5. The molecule has 3 aromatic carbocycles. The number of carboxylic acids is 1. The lowest BCUT2D eigenvalue weighted by Gasteiger charge is -2.20. The van der Waals surface area contributed by atoms with Crippen molar-refractivity contribution in [3.05, 3.63) is 92.0 Å². The second kappa shape index (κ2) is 9.05. The molecule has 0 aliphatic heterocycles. The molecule has 0 saturated carbocycles. The molecule has 2 N–H and O–H groups in total. The minimum absolute atomic E-state index is 0.0632. The fourth-order valence-corrected chi connectivity index (χ4v) is 4.80. The molecule has 2 heterocycles. The van der Waals surface area contributed by atoms with Crippen LogP contribution in [0.15, 0.2) is 57.9 Å². The Kier molecular flexibility index (Phi) is 6.00. The average molecular weight is 520 g/mol. The Hall–Kier alpha value is -4.17. The van der Waals surface area contributed by atoms with Gasteiger partial charge in [-0.15, -0.1) is 0 Å². The minimum atomic E-state index is -1.45. The smallest absolute Gasteiger partial charge is 0.340 e. The summed E-state index contributed by atoms with van der Waals surface area (Å²) < 4.78 is 22.6. The largest absolute Gasteiger partial charge is 0.478 e. The van der Waals surface area contributed by atoms with Gasteiger partial charge in [0.1, 0.15) is 16.9 Å². The van der Waals surface area contributed by atoms with E-state index in [-0.39, 0.29) is 16.1 Å². The van der Waals surface area contributed by atoms with Crippen molar-refractivity contribution in [3.63, 3.8) is 0 Å². The van der Waals surface area contributed by atoms with Gasteiger partial charge >= 0.3 is 5.97 Å². The highest BCUT2D eigenvalue weighted by molar-refractivity contribution is 6.31. The standard InChI is InChI=1S/C28H23ClFN3O4/c1-13-9-18(15(3)31-22-8-6-20(29)24(30)23(22)28(35)36)27-19(10-13)25(34)14(2)26(37-27)16-5-7-21-17(11-16)12-33(4)32-21/h5-12,15,31H,1-4H3,(H,35,36). The third-order valence-corrected chi connectivity index (χ3v) is 6.71. The topological polar surface area (TPSA) is 97.4 Å². The van der Waals surface area contributed by atoms with Crippen LogP contribution in [0.1, 0.15) is 40.0 Å². The third kappa shape index (κ3) is 4.23. The van der Waals surface area contributed by atoms with E-state index in [9.17, 15) is 19.1 Å². The number of hydrogen-bond donors (Lipinski definition) is 2. The molecule has 7 nitrogen and oxygen atoms in total.